The highest BCUT2D eigenvalue weighted by Crippen LogP contribution is 2.14. The number of nitrogens with zero attached hydrogens (tertiary/aromatic N) is 4. The summed E-state index contributed by atoms with van der Waals surface area (Å²) in [4.78, 5) is 38.8. The van der Waals surface area contributed by atoms with Crippen LogP contribution in [0.4, 0.5) is 0 Å². The van der Waals surface area contributed by atoms with Gasteiger partial charge >= 0.3 is 5.97 Å². The standard InChI is InChI=1S/C30H51N7O3.4C7H8O3S/c1-23(31)34-19-9-6-12-27(33)29(38)37(3)22-18-26-16-14-25(15-17-26)11-5-8-21-36-28(30(39)40-4)13-7-10-20-35-24(2)32;4*1-6-2-4-7(5-3-6)11(8,9)10/h14-17,21,27-28H,5-13,18-20,22,33H2,1-4H3,(H2,31,34)(H2,32,35);4*2-5H,1H3,(H,8,9,10). The molecule has 0 aliphatic carbocycles. The normalized spacial score (nSPS) is 12.6. The van der Waals surface area contributed by atoms with Gasteiger partial charge in [-0.3, -0.25) is 38.0 Å². The molecule has 84 heavy (non-hydrogen) atoms. The van der Waals surface area contributed by atoms with E-state index in [2.05, 4.69) is 39.2 Å². The van der Waals surface area contributed by atoms with Gasteiger partial charge in [0.25, 0.3) is 40.5 Å². The van der Waals surface area contributed by atoms with Gasteiger partial charge < -0.3 is 26.8 Å². The molecule has 0 aromatic heterocycles. The lowest BCUT2D eigenvalue weighted by Gasteiger charge is -2.21. The van der Waals surface area contributed by atoms with Crippen molar-refractivity contribution in [2.75, 3.05) is 33.8 Å². The first kappa shape index (κ1) is 75.3. The van der Waals surface area contributed by atoms with Crippen LogP contribution in [0, 0.1) is 27.7 Å². The molecule has 5 aromatic carbocycles. The number of hydrogen-bond donors (Lipinski definition) is 7. The second kappa shape index (κ2) is 38.2. The van der Waals surface area contributed by atoms with E-state index in [0.717, 1.165) is 73.6 Å². The Hall–Kier alpha value is -6.75. The first-order valence-electron chi connectivity index (χ1n) is 26.5. The number of esters is 1. The Morgan fingerprint density at radius 2 is 0.845 bits per heavy atom. The maximum atomic E-state index is 12.6. The van der Waals surface area contributed by atoms with E-state index in [1.54, 1.807) is 67.3 Å². The summed E-state index contributed by atoms with van der Waals surface area (Å²) in [6, 6.07) is 31.5. The molecule has 0 aliphatic heterocycles. The van der Waals surface area contributed by atoms with Crippen LogP contribution in [0.5, 0.6) is 0 Å². The van der Waals surface area contributed by atoms with Gasteiger partial charge in [0.2, 0.25) is 5.91 Å². The second-order valence-corrected chi connectivity index (χ2v) is 25.1. The molecule has 22 nitrogen and oxygen atoms in total. The molecule has 2 unspecified atom stereocenters. The van der Waals surface area contributed by atoms with Gasteiger partial charge in [-0.15, -0.1) is 0 Å². The van der Waals surface area contributed by atoms with Gasteiger partial charge in [0.1, 0.15) is 6.04 Å². The third-order valence-corrected chi connectivity index (χ3v) is 15.3. The molecule has 5 rings (SSSR count). The first-order chi connectivity index (χ1) is 39.1. The van der Waals surface area contributed by atoms with Gasteiger partial charge in [0.05, 0.1) is 44.4 Å². The molecular formula is C58H83N7O15S4. The molecule has 0 spiro atoms. The van der Waals surface area contributed by atoms with Gasteiger partial charge in [0, 0.05) is 26.7 Å². The van der Waals surface area contributed by atoms with Crippen molar-refractivity contribution in [1.29, 1.82) is 0 Å². The van der Waals surface area contributed by atoms with Crippen molar-refractivity contribution in [2.45, 2.75) is 137 Å². The molecule has 2 atom stereocenters. The minimum Gasteiger partial charge on any atom is -0.467 e. The summed E-state index contributed by atoms with van der Waals surface area (Å²) in [6.07, 6.45) is 9.98. The Bertz CT molecular complexity index is 3030. The zero-order valence-electron chi connectivity index (χ0n) is 48.9. The number of unbranched alkanes of at least 4 members (excludes halogenated alkanes) is 3. The molecular weight excluding hydrogens is 1160 g/mol. The van der Waals surface area contributed by atoms with Gasteiger partial charge in [-0.2, -0.15) is 33.7 Å². The zero-order valence-corrected chi connectivity index (χ0v) is 52.2. The number of aryl methyl sites for hydroxylation is 5. The Balaban J connectivity index is 0.000000635. The van der Waals surface area contributed by atoms with Crippen LogP contribution in [0.3, 0.4) is 0 Å². The lowest BCUT2D eigenvalue weighted by atomic mass is 10.0. The molecule has 0 heterocycles. The number of hydrogen-bond acceptors (Lipinski definition) is 15. The number of carbonyl (C=O) groups excluding carboxylic acids is 2. The first-order valence-corrected chi connectivity index (χ1v) is 32.3. The summed E-state index contributed by atoms with van der Waals surface area (Å²) >= 11 is 0. The largest absolute Gasteiger partial charge is 0.467 e. The molecule has 464 valence electrons. The number of nitrogens with two attached hydrogens (primary N) is 3. The highest BCUT2D eigenvalue weighted by Gasteiger charge is 2.18. The topological polar surface area (TPSA) is 379 Å². The number of benzene rings is 5. The van der Waals surface area contributed by atoms with E-state index < -0.39 is 52.6 Å². The maximum Gasteiger partial charge on any atom is 0.330 e. The van der Waals surface area contributed by atoms with Crippen LogP contribution in [0.1, 0.15) is 98.6 Å². The average molecular weight is 1250 g/mol. The van der Waals surface area contributed by atoms with Crippen molar-refractivity contribution in [2.24, 2.45) is 32.2 Å². The summed E-state index contributed by atoms with van der Waals surface area (Å²) < 4.78 is 123. The summed E-state index contributed by atoms with van der Waals surface area (Å²) in [5.74, 6) is 0.825. The third kappa shape index (κ3) is 34.1. The predicted octanol–water partition coefficient (Wildman–Crippen LogP) is 8.01. The lowest BCUT2D eigenvalue weighted by molar-refractivity contribution is -0.142. The van der Waals surface area contributed by atoms with Gasteiger partial charge in [-0.1, -0.05) is 95.1 Å². The molecule has 0 radical (unpaired) electrons. The summed E-state index contributed by atoms with van der Waals surface area (Å²) in [5, 5.41) is 0. The van der Waals surface area contributed by atoms with E-state index in [1.807, 2.05) is 41.0 Å². The molecule has 26 heteroatoms. The fourth-order valence-electron chi connectivity index (χ4n) is 6.95. The van der Waals surface area contributed by atoms with Gasteiger partial charge in [-0.05, 0) is 172 Å². The number of amidine groups is 2. The van der Waals surface area contributed by atoms with Crippen molar-refractivity contribution in [3.8, 4) is 0 Å². The Kier molecular flexibility index (Phi) is 34.3. The highest BCUT2D eigenvalue weighted by atomic mass is 32.2. The average Bonchev–Trinajstić information content (AvgIpc) is 3.48. The second-order valence-electron chi connectivity index (χ2n) is 19.4. The summed E-state index contributed by atoms with van der Waals surface area (Å²) in [6.45, 7) is 12.9. The highest BCUT2D eigenvalue weighted by molar-refractivity contribution is 7.86. The van der Waals surface area contributed by atoms with Crippen LogP contribution in [0.2, 0.25) is 0 Å². The van der Waals surface area contributed by atoms with Crippen LogP contribution < -0.4 is 17.2 Å². The fraction of sp³-hybridized carbons (Fsp3) is 0.397. The van der Waals surface area contributed by atoms with E-state index in [9.17, 15) is 43.3 Å². The predicted molar refractivity (Wildman–Crippen MR) is 329 cm³/mol. The van der Waals surface area contributed by atoms with Crippen molar-refractivity contribution < 1.29 is 66.2 Å². The van der Waals surface area contributed by atoms with Gasteiger partial charge in [0.15, 0.2) is 0 Å². The van der Waals surface area contributed by atoms with E-state index in [-0.39, 0.29) is 31.5 Å². The minimum absolute atomic E-state index is 0.0259. The zero-order chi connectivity index (χ0) is 63.7. The number of rotatable bonds is 24. The number of aliphatic imine (C=N–C) groups is 3. The summed E-state index contributed by atoms with van der Waals surface area (Å²) in [7, 11) is -12.9. The Morgan fingerprint density at radius 1 is 0.524 bits per heavy atom. The Labute approximate surface area is 496 Å². The van der Waals surface area contributed by atoms with Crippen LogP contribution in [0.25, 0.3) is 0 Å². The molecule has 10 N–H and O–H groups in total. The van der Waals surface area contributed by atoms with Crippen LogP contribution in [-0.4, -0.2) is 132 Å². The molecule has 0 saturated heterocycles. The smallest absolute Gasteiger partial charge is 0.330 e. The number of ether oxygens (including phenoxy) is 1. The number of carbonyl (C=O) groups is 2. The van der Waals surface area contributed by atoms with Gasteiger partial charge in [-0.25, -0.2) is 4.79 Å². The van der Waals surface area contributed by atoms with Crippen molar-refractivity contribution in [3.05, 3.63) is 155 Å². The van der Waals surface area contributed by atoms with E-state index >= 15 is 0 Å². The monoisotopic (exact) mass is 1250 g/mol. The van der Waals surface area contributed by atoms with E-state index in [4.69, 9.17) is 40.1 Å². The summed E-state index contributed by atoms with van der Waals surface area (Å²) in [5.41, 5.74) is 23.4. The van der Waals surface area contributed by atoms with Crippen LogP contribution >= 0.6 is 0 Å². The molecule has 5 aromatic rings. The maximum absolute atomic E-state index is 12.6. The molecule has 0 saturated carbocycles. The molecule has 0 bridgehead atoms. The van der Waals surface area contributed by atoms with Crippen molar-refractivity contribution >= 4 is 70.2 Å². The minimum atomic E-state index is -4.02. The van der Waals surface area contributed by atoms with Crippen LogP contribution in [0.15, 0.2) is 156 Å². The quantitative estimate of drug-likeness (QED) is 0.0101. The molecule has 0 fully saturated rings. The van der Waals surface area contributed by atoms with Crippen molar-refractivity contribution in [1.82, 2.24) is 4.90 Å². The lowest BCUT2D eigenvalue weighted by Crippen LogP contribution is -2.42. The SMILES string of the molecule is COC(=O)C(CCCCN=C(C)N)N=CCCCc1ccc(CCN(C)C(=O)C(N)CCCCN=C(C)N)cc1.Cc1ccc(S(=O)(=O)O)cc1.Cc1ccc(S(=O)(=O)O)cc1.Cc1ccc(S(=O)(=O)O)cc1.Cc1ccc(S(=O)(=O)O)cc1. The third-order valence-electron chi connectivity index (χ3n) is 11.8. The number of amides is 1. The van der Waals surface area contributed by atoms with E-state index in [0.29, 0.717) is 44.1 Å². The number of methoxy groups -OCH3 is 1. The molecule has 0 aliphatic rings. The van der Waals surface area contributed by atoms with Crippen molar-refractivity contribution in [3.63, 3.8) is 0 Å². The fourth-order valence-corrected chi connectivity index (χ4v) is 8.87. The van der Waals surface area contributed by atoms with Crippen LogP contribution in [-0.2, 0) is 67.6 Å². The Morgan fingerprint density at radius 3 is 1.15 bits per heavy atom. The number of likely N-dealkylation sites (N-methyl/N-ethyl adjacent to an activating group) is 1. The molecule has 1 amide bonds. The van der Waals surface area contributed by atoms with E-state index in [1.165, 1.54) is 66.8 Å².